The van der Waals surface area contributed by atoms with Gasteiger partial charge in [0.05, 0.1) is 5.69 Å². The molecule has 0 radical (unpaired) electrons. The van der Waals surface area contributed by atoms with Crippen molar-refractivity contribution in [2.24, 2.45) is 5.92 Å². The molecule has 1 unspecified atom stereocenters. The van der Waals surface area contributed by atoms with Crippen molar-refractivity contribution < 1.29 is 4.79 Å². The highest BCUT2D eigenvalue weighted by molar-refractivity contribution is 9.10. The molecule has 1 aliphatic carbocycles. The molecule has 0 saturated heterocycles. The van der Waals surface area contributed by atoms with Crippen molar-refractivity contribution in [1.82, 2.24) is 0 Å². The van der Waals surface area contributed by atoms with Gasteiger partial charge in [-0.05, 0) is 59.8 Å². The van der Waals surface area contributed by atoms with Crippen molar-refractivity contribution in [3.8, 4) is 0 Å². The van der Waals surface area contributed by atoms with Crippen LogP contribution in [-0.2, 0) is 4.79 Å². The molecule has 96 valence electrons. The van der Waals surface area contributed by atoms with E-state index in [9.17, 15) is 4.79 Å². The number of halogens is 2. The molecule has 0 spiro atoms. The van der Waals surface area contributed by atoms with E-state index in [1.807, 2.05) is 13.0 Å². The third kappa shape index (κ3) is 3.15. The van der Waals surface area contributed by atoms with Gasteiger partial charge in [-0.15, -0.1) is 0 Å². The van der Waals surface area contributed by atoms with E-state index in [4.69, 9.17) is 11.6 Å². The maximum atomic E-state index is 12.1. The average Bonchev–Trinajstić information content (AvgIpc) is 2.37. The first-order valence-corrected chi connectivity index (χ1v) is 7.16. The molecule has 18 heavy (non-hydrogen) atoms. The lowest BCUT2D eigenvalue weighted by Gasteiger charge is -2.18. The van der Waals surface area contributed by atoms with E-state index in [1.165, 1.54) is 0 Å². The third-order valence-corrected chi connectivity index (χ3v) is 4.21. The van der Waals surface area contributed by atoms with Gasteiger partial charge >= 0.3 is 0 Å². The van der Waals surface area contributed by atoms with Crippen LogP contribution in [0.15, 0.2) is 28.8 Å². The minimum absolute atomic E-state index is 0.0694. The summed E-state index contributed by atoms with van der Waals surface area (Å²) in [5, 5.41) is 3.61. The van der Waals surface area contributed by atoms with E-state index in [2.05, 4.69) is 33.4 Å². The maximum absolute atomic E-state index is 12.1. The fraction of sp³-hybridized carbons (Fsp3) is 0.357. The van der Waals surface area contributed by atoms with E-state index in [0.29, 0.717) is 5.02 Å². The quantitative estimate of drug-likeness (QED) is 0.783. The Balaban J connectivity index is 2.11. The highest BCUT2D eigenvalue weighted by Gasteiger charge is 2.19. The van der Waals surface area contributed by atoms with E-state index >= 15 is 0 Å². The van der Waals surface area contributed by atoms with Crippen LogP contribution < -0.4 is 5.32 Å². The number of carbonyl (C=O) groups excluding carboxylic acids is 1. The van der Waals surface area contributed by atoms with Crippen LogP contribution in [0, 0.1) is 12.8 Å². The summed E-state index contributed by atoms with van der Waals surface area (Å²) >= 11 is 9.52. The fourth-order valence-corrected chi connectivity index (χ4v) is 2.73. The number of anilines is 1. The molecule has 0 aromatic heterocycles. The predicted molar refractivity (Wildman–Crippen MR) is 79.0 cm³/mol. The second kappa shape index (κ2) is 5.89. The van der Waals surface area contributed by atoms with Gasteiger partial charge < -0.3 is 5.32 Å². The van der Waals surface area contributed by atoms with Crippen molar-refractivity contribution in [1.29, 1.82) is 0 Å². The minimum Gasteiger partial charge on any atom is -0.325 e. The predicted octanol–water partition coefficient (Wildman–Crippen LogP) is 4.71. The summed E-state index contributed by atoms with van der Waals surface area (Å²) in [5.74, 6) is 0.141. The van der Waals surface area contributed by atoms with Crippen LogP contribution in [0.3, 0.4) is 0 Å². The SMILES string of the molecule is Cc1cc(Br)c(NC(=O)C2CC=CCC2)cc1Cl. The number of rotatable bonds is 2. The summed E-state index contributed by atoms with van der Waals surface area (Å²) in [6.07, 6.45) is 6.92. The normalized spacial score (nSPS) is 18.7. The Hall–Kier alpha value is -0.800. The molecule has 0 saturated carbocycles. The van der Waals surface area contributed by atoms with E-state index < -0.39 is 0 Å². The largest absolute Gasteiger partial charge is 0.325 e. The zero-order valence-electron chi connectivity index (χ0n) is 10.2. The summed E-state index contributed by atoms with van der Waals surface area (Å²) in [5.41, 5.74) is 1.73. The molecule has 0 aliphatic heterocycles. The molecular formula is C14H15BrClNO. The van der Waals surface area contributed by atoms with Gasteiger partial charge in [0, 0.05) is 15.4 Å². The van der Waals surface area contributed by atoms with Crippen LogP contribution in [-0.4, -0.2) is 5.91 Å². The zero-order chi connectivity index (χ0) is 13.1. The molecule has 1 amide bonds. The summed E-state index contributed by atoms with van der Waals surface area (Å²) in [4.78, 5) is 12.1. The fourth-order valence-electron chi connectivity index (χ4n) is 2.01. The first kappa shape index (κ1) is 13.6. The van der Waals surface area contributed by atoms with Crippen molar-refractivity contribution in [3.63, 3.8) is 0 Å². The van der Waals surface area contributed by atoms with Crippen molar-refractivity contribution in [2.75, 3.05) is 5.32 Å². The van der Waals surface area contributed by atoms with Crippen LogP contribution in [0.2, 0.25) is 5.02 Å². The molecule has 4 heteroatoms. The number of allylic oxidation sites excluding steroid dienone is 2. The first-order valence-electron chi connectivity index (χ1n) is 5.99. The highest BCUT2D eigenvalue weighted by atomic mass is 79.9. The van der Waals surface area contributed by atoms with Gasteiger partial charge in [0.25, 0.3) is 0 Å². The topological polar surface area (TPSA) is 29.1 Å². The van der Waals surface area contributed by atoms with Gasteiger partial charge in [-0.2, -0.15) is 0 Å². The monoisotopic (exact) mass is 327 g/mol. The highest BCUT2D eigenvalue weighted by Crippen LogP contribution is 2.30. The maximum Gasteiger partial charge on any atom is 0.227 e. The Morgan fingerprint density at radius 3 is 2.89 bits per heavy atom. The van der Waals surface area contributed by atoms with Crippen LogP contribution >= 0.6 is 27.5 Å². The standard InChI is InChI=1S/C14H15BrClNO/c1-9-7-11(15)13(8-12(9)16)17-14(18)10-5-3-2-4-6-10/h2-3,7-8,10H,4-6H2,1H3,(H,17,18). The molecule has 1 atom stereocenters. The van der Waals surface area contributed by atoms with Gasteiger partial charge in [0.2, 0.25) is 5.91 Å². The molecule has 0 fully saturated rings. The lowest BCUT2D eigenvalue weighted by Crippen LogP contribution is -2.23. The molecule has 1 aliphatic rings. The van der Waals surface area contributed by atoms with E-state index in [1.54, 1.807) is 6.07 Å². The summed E-state index contributed by atoms with van der Waals surface area (Å²) in [7, 11) is 0. The molecule has 2 nitrogen and oxygen atoms in total. The van der Waals surface area contributed by atoms with Gasteiger partial charge in [0.15, 0.2) is 0 Å². The summed E-state index contributed by atoms with van der Waals surface area (Å²) in [6, 6.07) is 3.70. The van der Waals surface area contributed by atoms with Gasteiger partial charge in [-0.1, -0.05) is 23.8 Å². The molecule has 0 bridgehead atoms. The van der Waals surface area contributed by atoms with E-state index in [-0.39, 0.29) is 11.8 Å². The Bertz CT molecular complexity index is 499. The van der Waals surface area contributed by atoms with Crippen LogP contribution in [0.25, 0.3) is 0 Å². The number of nitrogens with one attached hydrogen (secondary N) is 1. The molecule has 1 aromatic carbocycles. The van der Waals surface area contributed by atoms with Crippen LogP contribution in [0.4, 0.5) is 5.69 Å². The van der Waals surface area contributed by atoms with Crippen molar-refractivity contribution in [3.05, 3.63) is 39.3 Å². The number of benzene rings is 1. The zero-order valence-corrected chi connectivity index (χ0v) is 12.5. The van der Waals surface area contributed by atoms with Crippen molar-refractivity contribution >= 4 is 39.1 Å². The van der Waals surface area contributed by atoms with Crippen LogP contribution in [0.5, 0.6) is 0 Å². The Morgan fingerprint density at radius 2 is 2.22 bits per heavy atom. The van der Waals surface area contributed by atoms with Gasteiger partial charge in [0.1, 0.15) is 0 Å². The minimum atomic E-state index is 0.0694. The molecule has 1 aromatic rings. The number of aryl methyl sites for hydroxylation is 1. The lowest BCUT2D eigenvalue weighted by molar-refractivity contribution is -0.120. The van der Waals surface area contributed by atoms with Crippen LogP contribution in [0.1, 0.15) is 24.8 Å². The van der Waals surface area contributed by atoms with E-state index in [0.717, 1.165) is 35.0 Å². The van der Waals surface area contributed by atoms with Gasteiger partial charge in [-0.3, -0.25) is 4.79 Å². The second-order valence-corrected chi connectivity index (χ2v) is 5.81. The molecular weight excluding hydrogens is 314 g/mol. The first-order chi connectivity index (χ1) is 8.58. The third-order valence-electron chi connectivity index (χ3n) is 3.15. The average molecular weight is 329 g/mol. The van der Waals surface area contributed by atoms with Gasteiger partial charge in [-0.25, -0.2) is 0 Å². The number of amides is 1. The summed E-state index contributed by atoms with van der Waals surface area (Å²) < 4.78 is 0.865. The second-order valence-electron chi connectivity index (χ2n) is 4.55. The van der Waals surface area contributed by atoms with Crippen molar-refractivity contribution in [2.45, 2.75) is 26.2 Å². The molecule has 1 N–H and O–H groups in total. The Morgan fingerprint density at radius 1 is 1.44 bits per heavy atom. The molecule has 0 heterocycles. The smallest absolute Gasteiger partial charge is 0.227 e. The number of hydrogen-bond donors (Lipinski definition) is 1. The Labute approximate surface area is 121 Å². The summed E-state index contributed by atoms with van der Waals surface area (Å²) in [6.45, 7) is 1.94. The lowest BCUT2D eigenvalue weighted by atomic mass is 9.93. The molecule has 2 rings (SSSR count). The Kier molecular flexibility index (Phi) is 4.46. The number of carbonyl (C=O) groups is 1. The number of hydrogen-bond acceptors (Lipinski definition) is 1.